The number of rotatable bonds is 7. The first-order valence-electron chi connectivity index (χ1n) is 3.91. The van der Waals surface area contributed by atoms with E-state index in [1.165, 1.54) is 0 Å². The summed E-state index contributed by atoms with van der Waals surface area (Å²) in [5.41, 5.74) is 0. The van der Waals surface area contributed by atoms with E-state index >= 15 is 0 Å². The summed E-state index contributed by atoms with van der Waals surface area (Å²) < 4.78 is 21.8. The monoisotopic (exact) mass is 244 g/mol. The molecular formula is C7H14ClO3PS. The molecule has 0 saturated carbocycles. The molecule has 0 radical (unpaired) electrons. The predicted molar refractivity (Wildman–Crippen MR) is 58.3 cm³/mol. The van der Waals surface area contributed by atoms with E-state index in [9.17, 15) is 4.57 Å². The fraction of sp³-hybridized carbons (Fsp3) is 0.714. The van der Waals surface area contributed by atoms with E-state index in [0.29, 0.717) is 24.0 Å². The van der Waals surface area contributed by atoms with Gasteiger partial charge in [-0.05, 0) is 25.2 Å². The molecule has 3 nitrogen and oxygen atoms in total. The molecule has 0 aromatic heterocycles. The van der Waals surface area contributed by atoms with Crippen molar-refractivity contribution in [1.82, 2.24) is 0 Å². The molecule has 78 valence electrons. The second-order valence-corrected chi connectivity index (χ2v) is 6.68. The summed E-state index contributed by atoms with van der Waals surface area (Å²) in [7, 11) is 0. The highest BCUT2D eigenvalue weighted by molar-refractivity contribution is 8.55. The third-order valence-electron chi connectivity index (χ3n) is 0.954. The Hall–Kier alpha value is 0.530. The van der Waals surface area contributed by atoms with Gasteiger partial charge in [-0.3, -0.25) is 0 Å². The average Bonchev–Trinajstić information content (AvgIpc) is 2.02. The zero-order chi connectivity index (χ0) is 10.3. The van der Waals surface area contributed by atoms with Crippen LogP contribution in [-0.2, 0) is 13.6 Å². The molecule has 0 unspecified atom stereocenters. The van der Waals surface area contributed by atoms with Crippen LogP contribution in [0.25, 0.3) is 0 Å². The normalized spacial score (nSPS) is 11.6. The molecule has 0 amide bonds. The van der Waals surface area contributed by atoms with Crippen LogP contribution < -0.4 is 0 Å². The fourth-order valence-electron chi connectivity index (χ4n) is 0.577. The van der Waals surface area contributed by atoms with Crippen molar-refractivity contribution in [3.05, 3.63) is 11.6 Å². The van der Waals surface area contributed by atoms with Gasteiger partial charge >= 0.3 is 6.80 Å². The van der Waals surface area contributed by atoms with Gasteiger partial charge in [-0.25, -0.2) is 4.57 Å². The minimum absolute atomic E-state index is 0.360. The van der Waals surface area contributed by atoms with Crippen molar-refractivity contribution in [2.45, 2.75) is 13.8 Å². The van der Waals surface area contributed by atoms with Gasteiger partial charge in [-0.2, -0.15) is 0 Å². The summed E-state index contributed by atoms with van der Waals surface area (Å²) in [6.45, 7) is 4.74. The molecule has 0 aromatic rings. The summed E-state index contributed by atoms with van der Waals surface area (Å²) in [5.74, 6) is 0.374. The van der Waals surface area contributed by atoms with Gasteiger partial charge in [0.2, 0.25) is 0 Å². The van der Waals surface area contributed by atoms with E-state index < -0.39 is 6.80 Å². The van der Waals surface area contributed by atoms with Crippen LogP contribution in [0.1, 0.15) is 13.8 Å². The lowest BCUT2D eigenvalue weighted by atomic mass is 10.8. The third-order valence-corrected chi connectivity index (χ3v) is 5.16. The maximum absolute atomic E-state index is 11.7. The first kappa shape index (κ1) is 13.5. The van der Waals surface area contributed by atoms with Crippen LogP contribution in [-0.4, -0.2) is 19.0 Å². The number of halogens is 1. The number of hydrogen-bond donors (Lipinski definition) is 0. The SMILES string of the molecule is C=C(Cl)CSP(=O)(OCC)OCC. The van der Waals surface area contributed by atoms with Gasteiger partial charge in [0.1, 0.15) is 0 Å². The zero-order valence-corrected chi connectivity index (χ0v) is 10.3. The maximum atomic E-state index is 11.7. The summed E-state index contributed by atoms with van der Waals surface area (Å²) >= 11 is 6.60. The Labute approximate surface area is 88.1 Å². The van der Waals surface area contributed by atoms with Crippen LogP contribution in [0.2, 0.25) is 0 Å². The van der Waals surface area contributed by atoms with Gasteiger partial charge in [0.25, 0.3) is 0 Å². The zero-order valence-electron chi connectivity index (χ0n) is 7.79. The molecule has 0 bridgehead atoms. The smallest absolute Gasteiger partial charge is 0.301 e. The second-order valence-electron chi connectivity index (χ2n) is 2.07. The van der Waals surface area contributed by atoms with Gasteiger partial charge in [0.05, 0.1) is 13.2 Å². The van der Waals surface area contributed by atoms with Crippen LogP contribution in [0.15, 0.2) is 11.6 Å². The summed E-state index contributed by atoms with van der Waals surface area (Å²) in [6, 6.07) is 0. The Bertz CT molecular complexity index is 200. The lowest BCUT2D eigenvalue weighted by Gasteiger charge is -2.15. The van der Waals surface area contributed by atoms with Crippen molar-refractivity contribution in [1.29, 1.82) is 0 Å². The predicted octanol–water partition coefficient (Wildman–Crippen LogP) is 3.65. The highest BCUT2D eigenvalue weighted by Crippen LogP contribution is 2.60. The highest BCUT2D eigenvalue weighted by Gasteiger charge is 2.24. The molecule has 6 heteroatoms. The molecule has 0 aliphatic carbocycles. The minimum atomic E-state index is -3.00. The third kappa shape index (κ3) is 6.58. The van der Waals surface area contributed by atoms with Crippen LogP contribution in [0.4, 0.5) is 0 Å². The van der Waals surface area contributed by atoms with E-state index in [1.807, 2.05) is 0 Å². The van der Waals surface area contributed by atoms with Crippen LogP contribution in [0, 0.1) is 0 Å². The van der Waals surface area contributed by atoms with Gasteiger partial charge in [0, 0.05) is 10.8 Å². The molecular weight excluding hydrogens is 231 g/mol. The van der Waals surface area contributed by atoms with E-state index in [2.05, 4.69) is 6.58 Å². The Kier molecular flexibility index (Phi) is 7.19. The first-order valence-corrected chi connectivity index (χ1v) is 7.42. The lowest BCUT2D eigenvalue weighted by Crippen LogP contribution is -1.93. The van der Waals surface area contributed by atoms with Crippen LogP contribution in [0.3, 0.4) is 0 Å². The van der Waals surface area contributed by atoms with Crippen molar-refractivity contribution < 1.29 is 13.6 Å². The van der Waals surface area contributed by atoms with Gasteiger partial charge in [-0.15, -0.1) is 0 Å². The molecule has 0 aliphatic heterocycles. The largest absolute Gasteiger partial charge is 0.389 e. The van der Waals surface area contributed by atoms with Crippen LogP contribution >= 0.6 is 29.8 Å². The standard InChI is InChI=1S/C7H14ClO3PS/c1-4-10-12(9,11-5-2)13-6-7(3)8/h3-6H2,1-2H3. The highest BCUT2D eigenvalue weighted by atomic mass is 35.5. The average molecular weight is 245 g/mol. The molecule has 0 atom stereocenters. The molecule has 0 spiro atoms. The summed E-state index contributed by atoms with van der Waals surface area (Å²) in [5, 5.41) is 0.435. The van der Waals surface area contributed by atoms with Crippen molar-refractivity contribution in [3.63, 3.8) is 0 Å². The molecule has 0 aromatic carbocycles. The number of hydrogen-bond acceptors (Lipinski definition) is 4. The molecule has 0 saturated heterocycles. The Morgan fingerprint density at radius 3 is 2.23 bits per heavy atom. The molecule has 0 rings (SSSR count). The Morgan fingerprint density at radius 2 is 1.92 bits per heavy atom. The second kappa shape index (κ2) is 6.91. The molecule has 13 heavy (non-hydrogen) atoms. The van der Waals surface area contributed by atoms with Gasteiger partial charge in [0.15, 0.2) is 0 Å². The molecule has 0 heterocycles. The van der Waals surface area contributed by atoms with E-state index in [0.717, 1.165) is 11.4 Å². The topological polar surface area (TPSA) is 35.5 Å². The fourth-order valence-corrected chi connectivity index (χ4v) is 4.14. The maximum Gasteiger partial charge on any atom is 0.389 e. The Balaban J connectivity index is 4.07. The lowest BCUT2D eigenvalue weighted by molar-refractivity contribution is 0.237. The van der Waals surface area contributed by atoms with E-state index in [-0.39, 0.29) is 0 Å². The van der Waals surface area contributed by atoms with E-state index in [4.69, 9.17) is 20.6 Å². The van der Waals surface area contributed by atoms with Crippen molar-refractivity contribution >= 4 is 29.8 Å². The Morgan fingerprint density at radius 1 is 1.46 bits per heavy atom. The first-order chi connectivity index (χ1) is 6.04. The van der Waals surface area contributed by atoms with Gasteiger partial charge < -0.3 is 9.05 Å². The minimum Gasteiger partial charge on any atom is -0.301 e. The van der Waals surface area contributed by atoms with Crippen molar-refractivity contribution in [2.24, 2.45) is 0 Å². The van der Waals surface area contributed by atoms with Gasteiger partial charge in [-0.1, -0.05) is 18.2 Å². The van der Waals surface area contributed by atoms with Crippen molar-refractivity contribution in [3.8, 4) is 0 Å². The molecule has 0 fully saturated rings. The van der Waals surface area contributed by atoms with Crippen LogP contribution in [0.5, 0.6) is 0 Å². The summed E-state index contributed by atoms with van der Waals surface area (Å²) in [4.78, 5) is 0. The van der Waals surface area contributed by atoms with E-state index in [1.54, 1.807) is 13.8 Å². The molecule has 0 N–H and O–H groups in total. The quantitative estimate of drug-likeness (QED) is 0.641. The molecule has 0 aliphatic rings. The summed E-state index contributed by atoms with van der Waals surface area (Å²) in [6.07, 6.45) is 0. The van der Waals surface area contributed by atoms with Crippen molar-refractivity contribution in [2.75, 3.05) is 19.0 Å².